The van der Waals surface area contributed by atoms with E-state index in [9.17, 15) is 9.59 Å². The van der Waals surface area contributed by atoms with Gasteiger partial charge in [-0.3, -0.25) is 9.59 Å². The molecule has 1 aliphatic rings. The molecule has 0 spiro atoms. The highest BCUT2D eigenvalue weighted by molar-refractivity contribution is 6.36. The predicted molar refractivity (Wildman–Crippen MR) is 75.8 cm³/mol. The minimum Gasteiger partial charge on any atom is -0.495 e. The first-order valence-corrected chi connectivity index (χ1v) is 6.99. The van der Waals surface area contributed by atoms with Crippen LogP contribution in [0.2, 0.25) is 10.0 Å². The SMILES string of the molecule is COc1cc(Cl)c(C(=O)C2CCC(C(=O)O)C2)cc1Cl. The zero-order chi connectivity index (χ0) is 14.9. The van der Waals surface area contributed by atoms with Crippen molar-refractivity contribution in [2.75, 3.05) is 7.11 Å². The molecule has 1 aromatic carbocycles. The molecule has 1 N–H and O–H groups in total. The first-order chi connectivity index (χ1) is 9.43. The van der Waals surface area contributed by atoms with Crippen LogP contribution in [0, 0.1) is 11.8 Å². The van der Waals surface area contributed by atoms with Crippen molar-refractivity contribution in [1.29, 1.82) is 0 Å². The smallest absolute Gasteiger partial charge is 0.306 e. The largest absolute Gasteiger partial charge is 0.495 e. The number of carbonyl (C=O) groups excluding carboxylic acids is 1. The first kappa shape index (κ1) is 15.1. The highest BCUT2D eigenvalue weighted by Crippen LogP contribution is 2.37. The maximum Gasteiger partial charge on any atom is 0.306 e. The molecule has 6 heteroatoms. The van der Waals surface area contributed by atoms with Crippen molar-refractivity contribution >= 4 is 35.0 Å². The van der Waals surface area contributed by atoms with Gasteiger partial charge in [-0.2, -0.15) is 0 Å². The normalized spacial score (nSPS) is 21.8. The molecule has 1 fully saturated rings. The van der Waals surface area contributed by atoms with E-state index in [2.05, 4.69) is 0 Å². The predicted octanol–water partition coefficient (Wildman–Crippen LogP) is 3.69. The van der Waals surface area contributed by atoms with Gasteiger partial charge in [-0.15, -0.1) is 0 Å². The number of carboxylic acid groups (broad SMARTS) is 1. The van der Waals surface area contributed by atoms with Gasteiger partial charge in [0.1, 0.15) is 5.75 Å². The van der Waals surface area contributed by atoms with Gasteiger partial charge in [0.2, 0.25) is 0 Å². The molecular weight excluding hydrogens is 303 g/mol. The Kier molecular flexibility index (Phi) is 4.55. The number of carbonyl (C=O) groups is 2. The van der Waals surface area contributed by atoms with Crippen LogP contribution in [0.5, 0.6) is 5.75 Å². The number of benzene rings is 1. The van der Waals surface area contributed by atoms with E-state index in [1.807, 2.05) is 0 Å². The average Bonchev–Trinajstić information content (AvgIpc) is 2.90. The molecule has 0 heterocycles. The summed E-state index contributed by atoms with van der Waals surface area (Å²) >= 11 is 12.1. The second-order valence-electron chi connectivity index (χ2n) is 4.88. The summed E-state index contributed by atoms with van der Waals surface area (Å²) in [5, 5.41) is 9.56. The van der Waals surface area contributed by atoms with Crippen LogP contribution in [0.4, 0.5) is 0 Å². The van der Waals surface area contributed by atoms with Gasteiger partial charge in [0.25, 0.3) is 0 Å². The summed E-state index contributed by atoms with van der Waals surface area (Å²) < 4.78 is 5.03. The molecule has 0 amide bonds. The number of halogens is 2. The fraction of sp³-hybridized carbons (Fsp3) is 0.429. The standard InChI is InChI=1S/C14H14Cl2O4/c1-20-12-6-10(15)9(5-11(12)16)13(17)7-2-3-8(4-7)14(18)19/h5-8H,2-4H2,1H3,(H,18,19). The number of carboxylic acids is 1. The van der Waals surface area contributed by atoms with E-state index in [4.69, 9.17) is 33.0 Å². The number of hydrogen-bond acceptors (Lipinski definition) is 3. The number of Topliss-reactive ketones (excluding diaryl/α,β-unsaturated/α-hetero) is 1. The van der Waals surface area contributed by atoms with Gasteiger partial charge in [-0.05, 0) is 25.3 Å². The van der Waals surface area contributed by atoms with Crippen LogP contribution in [0.15, 0.2) is 12.1 Å². The Morgan fingerprint density at radius 2 is 1.85 bits per heavy atom. The molecule has 108 valence electrons. The van der Waals surface area contributed by atoms with Crippen molar-refractivity contribution in [3.63, 3.8) is 0 Å². The van der Waals surface area contributed by atoms with Crippen molar-refractivity contribution < 1.29 is 19.4 Å². The van der Waals surface area contributed by atoms with Crippen LogP contribution in [-0.2, 0) is 4.79 Å². The van der Waals surface area contributed by atoms with Crippen molar-refractivity contribution in [1.82, 2.24) is 0 Å². The summed E-state index contributed by atoms with van der Waals surface area (Å²) in [5.41, 5.74) is 0.327. The van der Waals surface area contributed by atoms with Gasteiger partial charge in [-0.25, -0.2) is 0 Å². The van der Waals surface area contributed by atoms with E-state index < -0.39 is 11.9 Å². The minimum atomic E-state index is -0.848. The van der Waals surface area contributed by atoms with Crippen LogP contribution in [-0.4, -0.2) is 24.0 Å². The van der Waals surface area contributed by atoms with E-state index in [-0.39, 0.29) is 16.7 Å². The van der Waals surface area contributed by atoms with Crippen LogP contribution >= 0.6 is 23.2 Å². The Bertz CT molecular complexity index is 556. The molecule has 0 bridgehead atoms. The Balaban J connectivity index is 2.22. The molecule has 20 heavy (non-hydrogen) atoms. The lowest BCUT2D eigenvalue weighted by molar-refractivity contribution is -0.141. The highest BCUT2D eigenvalue weighted by atomic mass is 35.5. The summed E-state index contributed by atoms with van der Waals surface area (Å²) in [6.45, 7) is 0. The summed E-state index contributed by atoms with van der Waals surface area (Å²) in [4.78, 5) is 23.3. The van der Waals surface area contributed by atoms with Crippen LogP contribution in [0.3, 0.4) is 0 Å². The second kappa shape index (κ2) is 6.02. The van der Waals surface area contributed by atoms with Crippen molar-refractivity contribution in [3.05, 3.63) is 27.7 Å². The minimum absolute atomic E-state index is 0.150. The fourth-order valence-electron chi connectivity index (χ4n) is 2.54. The number of aliphatic carboxylic acids is 1. The molecule has 4 nitrogen and oxygen atoms in total. The lowest BCUT2D eigenvalue weighted by atomic mass is 9.95. The highest BCUT2D eigenvalue weighted by Gasteiger charge is 2.35. The molecule has 0 aliphatic heterocycles. The lowest BCUT2D eigenvalue weighted by Gasteiger charge is -2.12. The third-order valence-electron chi connectivity index (χ3n) is 3.66. The van der Waals surface area contributed by atoms with Gasteiger partial charge in [0.15, 0.2) is 5.78 Å². The molecule has 0 radical (unpaired) electrons. The molecular formula is C14H14Cl2O4. The van der Waals surface area contributed by atoms with Gasteiger partial charge in [0.05, 0.1) is 23.1 Å². The molecule has 2 atom stereocenters. The Morgan fingerprint density at radius 1 is 1.20 bits per heavy atom. The monoisotopic (exact) mass is 316 g/mol. The summed E-state index contributed by atoms with van der Waals surface area (Å²) in [5.74, 6) is -1.35. The zero-order valence-electron chi connectivity index (χ0n) is 10.9. The Labute approximate surface area is 126 Å². The van der Waals surface area contributed by atoms with Crippen LogP contribution in [0.25, 0.3) is 0 Å². The second-order valence-corrected chi connectivity index (χ2v) is 5.69. The van der Waals surface area contributed by atoms with Crippen LogP contribution < -0.4 is 4.74 Å². The zero-order valence-corrected chi connectivity index (χ0v) is 12.4. The van der Waals surface area contributed by atoms with E-state index >= 15 is 0 Å². The lowest BCUT2D eigenvalue weighted by Crippen LogP contribution is -2.15. The molecule has 2 unspecified atom stereocenters. The first-order valence-electron chi connectivity index (χ1n) is 6.24. The summed E-state index contributed by atoms with van der Waals surface area (Å²) in [6, 6.07) is 2.99. The van der Waals surface area contributed by atoms with Crippen molar-refractivity contribution in [2.24, 2.45) is 11.8 Å². The van der Waals surface area contributed by atoms with Crippen molar-refractivity contribution in [3.8, 4) is 5.75 Å². The Hall–Kier alpha value is -1.26. The summed E-state index contributed by atoms with van der Waals surface area (Å²) in [7, 11) is 1.47. The van der Waals surface area contributed by atoms with Gasteiger partial charge in [0, 0.05) is 17.5 Å². The number of ether oxygens (including phenoxy) is 1. The van der Waals surface area contributed by atoms with Gasteiger partial charge >= 0.3 is 5.97 Å². The molecule has 2 rings (SSSR count). The topological polar surface area (TPSA) is 63.6 Å². The van der Waals surface area contributed by atoms with Crippen LogP contribution in [0.1, 0.15) is 29.6 Å². The molecule has 1 aromatic rings. The van der Waals surface area contributed by atoms with Crippen molar-refractivity contribution in [2.45, 2.75) is 19.3 Å². The number of hydrogen-bond donors (Lipinski definition) is 1. The summed E-state index contributed by atoms with van der Waals surface area (Å²) in [6.07, 6.45) is 1.44. The maximum absolute atomic E-state index is 12.4. The third kappa shape index (κ3) is 2.91. The molecule has 1 saturated carbocycles. The maximum atomic E-state index is 12.4. The molecule has 0 saturated heterocycles. The average molecular weight is 317 g/mol. The van der Waals surface area contributed by atoms with E-state index in [0.29, 0.717) is 35.6 Å². The number of rotatable bonds is 4. The number of ketones is 1. The van der Waals surface area contributed by atoms with Gasteiger partial charge in [-0.1, -0.05) is 23.2 Å². The molecule has 1 aliphatic carbocycles. The van der Waals surface area contributed by atoms with E-state index in [1.165, 1.54) is 19.2 Å². The van der Waals surface area contributed by atoms with E-state index in [1.54, 1.807) is 0 Å². The Morgan fingerprint density at radius 3 is 2.40 bits per heavy atom. The number of methoxy groups -OCH3 is 1. The quantitative estimate of drug-likeness (QED) is 0.860. The molecule has 0 aromatic heterocycles. The van der Waals surface area contributed by atoms with E-state index in [0.717, 1.165) is 0 Å². The fourth-order valence-corrected chi connectivity index (χ4v) is 3.03. The third-order valence-corrected chi connectivity index (χ3v) is 4.27. The van der Waals surface area contributed by atoms with Gasteiger partial charge < -0.3 is 9.84 Å².